The molecule has 0 saturated carbocycles. The fraction of sp³-hybridized carbons (Fsp3) is 0.0870. The van der Waals surface area contributed by atoms with E-state index >= 15 is 0 Å². The summed E-state index contributed by atoms with van der Waals surface area (Å²) in [5, 5.41) is 4.44. The molecule has 0 fully saturated rings. The van der Waals surface area contributed by atoms with Crippen LogP contribution in [0.2, 0.25) is 0 Å². The van der Waals surface area contributed by atoms with Crippen molar-refractivity contribution in [2.75, 3.05) is 14.2 Å². The van der Waals surface area contributed by atoms with Crippen molar-refractivity contribution < 1.29 is 19.1 Å². The number of nitrogens with zero attached hydrogens (tertiary/aromatic N) is 2. The molecule has 0 aliphatic heterocycles. The Morgan fingerprint density at radius 1 is 0.900 bits per heavy atom. The molecule has 0 aliphatic carbocycles. The van der Waals surface area contributed by atoms with Crippen LogP contribution in [0.25, 0.3) is 10.2 Å². The summed E-state index contributed by atoms with van der Waals surface area (Å²) >= 11 is -0.224. The molecule has 1 aromatic heterocycles. The van der Waals surface area contributed by atoms with Crippen LogP contribution in [0.4, 0.5) is 0 Å². The minimum absolute atomic E-state index is 0.218. The zero-order valence-electron chi connectivity index (χ0n) is 16.5. The first-order valence-corrected chi connectivity index (χ1v) is 10.9. The molecule has 0 atom stereocenters. The molecular weight excluding hydrogens is 447 g/mol. The monoisotopic (exact) mass is 468 g/mol. The molecule has 0 radical (unpaired) electrons. The van der Waals surface area contributed by atoms with Crippen molar-refractivity contribution in [3.8, 4) is 0 Å². The zero-order valence-corrected chi connectivity index (χ0v) is 18.2. The van der Waals surface area contributed by atoms with E-state index in [0.717, 1.165) is 21.3 Å². The molecule has 2 aromatic carbocycles. The van der Waals surface area contributed by atoms with E-state index in [1.54, 1.807) is 16.9 Å². The van der Waals surface area contributed by atoms with Gasteiger partial charge < -0.3 is 0 Å². The van der Waals surface area contributed by atoms with E-state index in [-0.39, 0.29) is 20.7 Å². The number of ether oxygens (including phenoxy) is 2. The van der Waals surface area contributed by atoms with Gasteiger partial charge >= 0.3 is 181 Å². The predicted octanol–water partition coefficient (Wildman–Crippen LogP) is 3.43. The van der Waals surface area contributed by atoms with Crippen LogP contribution in [-0.4, -0.2) is 50.9 Å². The van der Waals surface area contributed by atoms with Gasteiger partial charge in [-0.3, -0.25) is 0 Å². The average molecular weight is 467 g/mol. The quantitative estimate of drug-likeness (QED) is 0.231. The number of hydrogen-bond donors (Lipinski definition) is 0. The Morgan fingerprint density at radius 3 is 2.13 bits per heavy atom. The molecule has 0 unspecified atom stereocenters. The Balaban J connectivity index is 2.20. The third-order valence-electron chi connectivity index (χ3n) is 4.10. The van der Waals surface area contributed by atoms with Crippen LogP contribution < -0.4 is 0 Å². The third kappa shape index (κ3) is 5.14. The van der Waals surface area contributed by atoms with Gasteiger partial charge in [-0.25, -0.2) is 0 Å². The van der Waals surface area contributed by atoms with Gasteiger partial charge in [-0.05, 0) is 0 Å². The number of esters is 2. The fourth-order valence-corrected chi connectivity index (χ4v) is 4.61. The average Bonchev–Trinajstić information content (AvgIpc) is 3.28. The summed E-state index contributed by atoms with van der Waals surface area (Å²) in [5.41, 5.74) is 2.98. The van der Waals surface area contributed by atoms with Crippen LogP contribution >= 0.6 is 0 Å². The van der Waals surface area contributed by atoms with Crippen LogP contribution in [0.1, 0.15) is 21.6 Å². The molecule has 7 heteroatoms. The van der Waals surface area contributed by atoms with Crippen molar-refractivity contribution >= 4 is 37.1 Å². The maximum absolute atomic E-state index is 11.9. The van der Waals surface area contributed by atoms with Gasteiger partial charge in [0.1, 0.15) is 0 Å². The first-order valence-electron chi connectivity index (χ1n) is 9.04. The van der Waals surface area contributed by atoms with Crippen LogP contribution in [0.5, 0.6) is 0 Å². The Morgan fingerprint density at radius 2 is 1.53 bits per heavy atom. The topological polar surface area (TPSA) is 70.4 Å². The van der Waals surface area contributed by atoms with E-state index in [1.165, 1.54) is 20.3 Å². The second-order valence-corrected chi connectivity index (χ2v) is 7.91. The van der Waals surface area contributed by atoms with E-state index in [0.29, 0.717) is 0 Å². The summed E-state index contributed by atoms with van der Waals surface area (Å²) in [7, 11) is 2.67. The predicted molar refractivity (Wildman–Crippen MR) is 116 cm³/mol. The molecule has 3 aromatic rings. The Bertz CT molecular complexity index is 1070. The van der Waals surface area contributed by atoms with E-state index in [4.69, 9.17) is 9.47 Å². The molecule has 0 saturated heterocycles. The van der Waals surface area contributed by atoms with Crippen molar-refractivity contribution in [1.29, 1.82) is 0 Å². The van der Waals surface area contributed by atoms with Crippen molar-refractivity contribution in [1.82, 2.24) is 9.78 Å². The molecule has 0 amide bonds. The van der Waals surface area contributed by atoms with Gasteiger partial charge in [0.2, 0.25) is 0 Å². The zero-order chi connectivity index (χ0) is 21.3. The minimum atomic E-state index is -0.501. The first kappa shape index (κ1) is 21.3. The second kappa shape index (κ2) is 10.4. The molecule has 0 spiro atoms. The SMILES string of the molecule is COC(=O)/C=C\[Se]/C(=C(/c1ccccc1)n1ccc(C(=O)OC)n1)c1ccccc1. The number of benzene rings is 2. The molecule has 152 valence electrons. The van der Waals surface area contributed by atoms with Gasteiger partial charge in [0.25, 0.3) is 0 Å². The van der Waals surface area contributed by atoms with Gasteiger partial charge in [0.15, 0.2) is 0 Å². The normalized spacial score (nSPS) is 11.8. The van der Waals surface area contributed by atoms with Crippen molar-refractivity contribution in [2.24, 2.45) is 0 Å². The summed E-state index contributed by atoms with van der Waals surface area (Å²) in [6.07, 6.45) is 3.16. The molecule has 30 heavy (non-hydrogen) atoms. The Hall–Kier alpha value is -3.41. The van der Waals surface area contributed by atoms with Gasteiger partial charge in [0.05, 0.1) is 0 Å². The summed E-state index contributed by atoms with van der Waals surface area (Å²) < 4.78 is 12.2. The van der Waals surface area contributed by atoms with E-state index in [9.17, 15) is 9.59 Å². The summed E-state index contributed by atoms with van der Waals surface area (Å²) in [6.45, 7) is 0. The number of aromatic nitrogens is 2. The standard InChI is InChI=1S/C23H20N2O4Se/c1-28-20(26)14-16-30-22(18-11-7-4-8-12-18)21(17-9-5-3-6-10-17)25-15-13-19(24-25)23(27)29-2/h3-16H,1-2H3/b16-14-,22-21-. The molecule has 6 nitrogen and oxygen atoms in total. The Labute approximate surface area is 181 Å². The molecule has 1 heterocycles. The molecule has 3 rings (SSSR count). The van der Waals surface area contributed by atoms with Crippen molar-refractivity contribution in [2.45, 2.75) is 0 Å². The van der Waals surface area contributed by atoms with Crippen molar-refractivity contribution in [3.05, 3.63) is 101 Å². The van der Waals surface area contributed by atoms with Gasteiger partial charge in [0, 0.05) is 0 Å². The van der Waals surface area contributed by atoms with E-state index in [2.05, 4.69) is 5.10 Å². The van der Waals surface area contributed by atoms with Gasteiger partial charge in [-0.15, -0.1) is 0 Å². The molecule has 0 aliphatic rings. The molecular formula is C23H20N2O4Se. The fourth-order valence-electron chi connectivity index (χ4n) is 2.70. The van der Waals surface area contributed by atoms with Crippen LogP contribution in [0.3, 0.4) is 0 Å². The van der Waals surface area contributed by atoms with Crippen LogP contribution in [0, 0.1) is 0 Å². The number of methoxy groups -OCH3 is 2. The van der Waals surface area contributed by atoms with E-state index < -0.39 is 11.9 Å². The summed E-state index contributed by atoms with van der Waals surface area (Å²) in [5.74, 6) is -0.906. The van der Waals surface area contributed by atoms with Crippen molar-refractivity contribution in [3.63, 3.8) is 0 Å². The van der Waals surface area contributed by atoms with Gasteiger partial charge in [-0.2, -0.15) is 0 Å². The van der Waals surface area contributed by atoms with Crippen LogP contribution in [0.15, 0.2) is 84.0 Å². The third-order valence-corrected chi connectivity index (χ3v) is 6.07. The summed E-state index contributed by atoms with van der Waals surface area (Å²) in [4.78, 5) is 25.3. The van der Waals surface area contributed by atoms with E-state index in [1.807, 2.05) is 65.6 Å². The Kier molecular flexibility index (Phi) is 7.38. The second-order valence-electron chi connectivity index (χ2n) is 5.99. The first-order chi connectivity index (χ1) is 14.6. The number of carbonyl (C=O) groups excluding carboxylic acids is 2. The number of rotatable bonds is 7. The summed E-state index contributed by atoms with van der Waals surface area (Å²) in [6, 6.07) is 21.3. The van der Waals surface area contributed by atoms with Gasteiger partial charge in [-0.1, -0.05) is 0 Å². The maximum atomic E-state index is 11.9. The molecule has 0 bridgehead atoms. The molecule has 0 N–H and O–H groups in total. The van der Waals surface area contributed by atoms with Crippen LogP contribution in [-0.2, 0) is 14.3 Å². The number of carbonyl (C=O) groups is 2. The number of hydrogen-bond acceptors (Lipinski definition) is 5.